The molecule has 1 aromatic rings. The second kappa shape index (κ2) is 4.93. The molecular formula is C9H11ClFN3O. The standard InChI is InChI=1S/C9H11ClFN3O/c1-2-7(8(12)15)14-9-6(11)3-5(10)4-13-9/h3-4,7H,2H2,1H3,(H2,12,15)(H,13,14). The van der Waals surface area contributed by atoms with Gasteiger partial charge in [0, 0.05) is 6.20 Å². The summed E-state index contributed by atoms with van der Waals surface area (Å²) in [6, 6.07) is 0.484. The largest absolute Gasteiger partial charge is 0.368 e. The maximum Gasteiger partial charge on any atom is 0.239 e. The number of rotatable bonds is 4. The second-order valence-corrected chi connectivity index (χ2v) is 3.43. The highest BCUT2D eigenvalue weighted by molar-refractivity contribution is 6.30. The van der Waals surface area contributed by atoms with Crippen molar-refractivity contribution >= 4 is 23.3 Å². The monoisotopic (exact) mass is 231 g/mol. The first kappa shape index (κ1) is 11.7. The molecule has 0 saturated carbocycles. The molecular weight excluding hydrogens is 221 g/mol. The van der Waals surface area contributed by atoms with Crippen LogP contribution in [0.15, 0.2) is 12.3 Å². The van der Waals surface area contributed by atoms with E-state index in [0.717, 1.165) is 6.07 Å². The van der Waals surface area contributed by atoms with Gasteiger partial charge in [-0.2, -0.15) is 0 Å². The van der Waals surface area contributed by atoms with E-state index in [1.54, 1.807) is 6.92 Å². The van der Waals surface area contributed by atoms with Crippen LogP contribution in [0.2, 0.25) is 5.02 Å². The lowest BCUT2D eigenvalue weighted by atomic mass is 10.2. The van der Waals surface area contributed by atoms with Gasteiger partial charge in [0.25, 0.3) is 0 Å². The van der Waals surface area contributed by atoms with Gasteiger partial charge in [-0.1, -0.05) is 18.5 Å². The summed E-state index contributed by atoms with van der Waals surface area (Å²) in [6.07, 6.45) is 1.75. The SMILES string of the molecule is CCC(Nc1ncc(Cl)cc1F)C(N)=O. The lowest BCUT2D eigenvalue weighted by molar-refractivity contribution is -0.118. The molecule has 0 spiro atoms. The van der Waals surface area contributed by atoms with E-state index in [0.29, 0.717) is 6.42 Å². The van der Waals surface area contributed by atoms with Gasteiger partial charge in [-0.15, -0.1) is 0 Å². The van der Waals surface area contributed by atoms with Crippen LogP contribution >= 0.6 is 11.6 Å². The van der Waals surface area contributed by atoms with Gasteiger partial charge >= 0.3 is 0 Å². The number of primary amides is 1. The molecule has 1 heterocycles. The number of halogens is 2. The van der Waals surface area contributed by atoms with E-state index in [-0.39, 0.29) is 10.8 Å². The molecule has 0 saturated heterocycles. The van der Waals surface area contributed by atoms with E-state index in [2.05, 4.69) is 10.3 Å². The molecule has 1 atom stereocenters. The van der Waals surface area contributed by atoms with Crippen LogP contribution in [0.4, 0.5) is 10.2 Å². The molecule has 1 rings (SSSR count). The third-order valence-electron chi connectivity index (χ3n) is 1.87. The van der Waals surface area contributed by atoms with E-state index >= 15 is 0 Å². The summed E-state index contributed by atoms with van der Waals surface area (Å²) in [6.45, 7) is 1.76. The Morgan fingerprint density at radius 1 is 1.80 bits per heavy atom. The normalized spacial score (nSPS) is 12.2. The molecule has 0 fully saturated rings. The van der Waals surface area contributed by atoms with Gasteiger partial charge < -0.3 is 11.1 Å². The van der Waals surface area contributed by atoms with Crippen molar-refractivity contribution in [1.82, 2.24) is 4.98 Å². The maximum absolute atomic E-state index is 13.2. The van der Waals surface area contributed by atoms with Crippen LogP contribution in [0.5, 0.6) is 0 Å². The first-order valence-electron chi connectivity index (χ1n) is 4.41. The Morgan fingerprint density at radius 2 is 2.47 bits per heavy atom. The topological polar surface area (TPSA) is 68.0 Å². The van der Waals surface area contributed by atoms with Crippen LogP contribution in [0.25, 0.3) is 0 Å². The molecule has 1 aromatic heterocycles. The smallest absolute Gasteiger partial charge is 0.239 e. The van der Waals surface area contributed by atoms with Crippen molar-refractivity contribution in [1.29, 1.82) is 0 Å². The Hall–Kier alpha value is -1.36. The van der Waals surface area contributed by atoms with Gasteiger partial charge in [-0.3, -0.25) is 4.79 Å². The molecule has 4 nitrogen and oxygen atoms in total. The summed E-state index contributed by atoms with van der Waals surface area (Å²) in [4.78, 5) is 14.6. The molecule has 15 heavy (non-hydrogen) atoms. The molecule has 0 aromatic carbocycles. The number of carbonyl (C=O) groups excluding carboxylic acids is 1. The number of nitrogens with two attached hydrogens (primary N) is 1. The lowest BCUT2D eigenvalue weighted by Gasteiger charge is -2.14. The maximum atomic E-state index is 13.2. The third kappa shape index (κ3) is 3.06. The van der Waals surface area contributed by atoms with Crippen molar-refractivity contribution in [2.24, 2.45) is 5.73 Å². The molecule has 0 aliphatic rings. The van der Waals surface area contributed by atoms with E-state index in [1.807, 2.05) is 0 Å². The first-order chi connectivity index (χ1) is 7.04. The third-order valence-corrected chi connectivity index (χ3v) is 2.08. The number of amides is 1. The van der Waals surface area contributed by atoms with Crippen molar-refractivity contribution in [3.63, 3.8) is 0 Å². The number of aromatic nitrogens is 1. The summed E-state index contributed by atoms with van der Waals surface area (Å²) in [5, 5.41) is 2.80. The van der Waals surface area contributed by atoms with Crippen LogP contribution in [0.3, 0.4) is 0 Å². The van der Waals surface area contributed by atoms with Crippen molar-refractivity contribution in [3.8, 4) is 0 Å². The number of pyridine rings is 1. The molecule has 1 unspecified atom stereocenters. The summed E-state index contributed by atoms with van der Waals surface area (Å²) in [5.41, 5.74) is 5.10. The zero-order valence-electron chi connectivity index (χ0n) is 8.13. The zero-order chi connectivity index (χ0) is 11.4. The van der Waals surface area contributed by atoms with Gasteiger partial charge in [0.15, 0.2) is 11.6 Å². The summed E-state index contributed by atoms with van der Waals surface area (Å²) < 4.78 is 13.2. The fourth-order valence-electron chi connectivity index (χ4n) is 1.06. The van der Waals surface area contributed by atoms with Gasteiger partial charge in [0.2, 0.25) is 5.91 Å². The van der Waals surface area contributed by atoms with Crippen LogP contribution in [0, 0.1) is 5.82 Å². The van der Waals surface area contributed by atoms with Gasteiger partial charge in [-0.05, 0) is 12.5 Å². The molecule has 0 radical (unpaired) electrons. The quantitative estimate of drug-likeness (QED) is 0.826. The van der Waals surface area contributed by atoms with Crippen molar-refractivity contribution < 1.29 is 9.18 Å². The highest BCUT2D eigenvalue weighted by Crippen LogP contribution is 2.16. The van der Waals surface area contributed by atoms with E-state index in [9.17, 15) is 9.18 Å². The Kier molecular flexibility index (Phi) is 3.85. The molecule has 0 aliphatic carbocycles. The molecule has 82 valence electrons. The van der Waals surface area contributed by atoms with Crippen LogP contribution < -0.4 is 11.1 Å². The Balaban J connectivity index is 2.84. The Bertz CT molecular complexity index is 372. The number of carbonyl (C=O) groups is 1. The summed E-state index contributed by atoms with van der Waals surface area (Å²) in [7, 11) is 0. The van der Waals surface area contributed by atoms with E-state index < -0.39 is 17.8 Å². The average Bonchev–Trinajstić information content (AvgIpc) is 2.16. The van der Waals surface area contributed by atoms with Gasteiger partial charge in [-0.25, -0.2) is 9.37 Å². The number of nitrogens with one attached hydrogen (secondary N) is 1. The fraction of sp³-hybridized carbons (Fsp3) is 0.333. The first-order valence-corrected chi connectivity index (χ1v) is 4.79. The van der Waals surface area contributed by atoms with Gasteiger partial charge in [0.1, 0.15) is 6.04 Å². The minimum atomic E-state index is -0.631. The van der Waals surface area contributed by atoms with Crippen molar-refractivity contribution in [3.05, 3.63) is 23.1 Å². The van der Waals surface area contributed by atoms with E-state index in [4.69, 9.17) is 17.3 Å². The lowest BCUT2D eigenvalue weighted by Crippen LogP contribution is -2.35. The van der Waals surface area contributed by atoms with Crippen LogP contribution in [0.1, 0.15) is 13.3 Å². The fourth-order valence-corrected chi connectivity index (χ4v) is 1.20. The molecule has 0 aliphatic heterocycles. The second-order valence-electron chi connectivity index (χ2n) is 2.99. The zero-order valence-corrected chi connectivity index (χ0v) is 8.88. The van der Waals surface area contributed by atoms with Crippen molar-refractivity contribution in [2.45, 2.75) is 19.4 Å². The van der Waals surface area contributed by atoms with Crippen LogP contribution in [-0.2, 0) is 4.79 Å². The van der Waals surface area contributed by atoms with Crippen LogP contribution in [-0.4, -0.2) is 16.9 Å². The van der Waals surface area contributed by atoms with Crippen molar-refractivity contribution in [2.75, 3.05) is 5.32 Å². The number of hydrogen-bond donors (Lipinski definition) is 2. The summed E-state index contributed by atoms with van der Waals surface area (Å²) >= 11 is 5.53. The molecule has 6 heteroatoms. The number of nitrogens with zero attached hydrogens (tertiary/aromatic N) is 1. The number of hydrogen-bond acceptors (Lipinski definition) is 3. The minimum absolute atomic E-state index is 0.0231. The predicted octanol–water partition coefficient (Wildman–Crippen LogP) is 1.55. The Morgan fingerprint density at radius 3 is 2.93 bits per heavy atom. The van der Waals surface area contributed by atoms with Gasteiger partial charge in [0.05, 0.1) is 5.02 Å². The molecule has 0 bridgehead atoms. The highest BCUT2D eigenvalue weighted by Gasteiger charge is 2.15. The Labute approximate surface area is 91.6 Å². The highest BCUT2D eigenvalue weighted by atomic mass is 35.5. The number of anilines is 1. The molecule has 1 amide bonds. The minimum Gasteiger partial charge on any atom is -0.368 e. The predicted molar refractivity (Wildman–Crippen MR) is 56.1 cm³/mol. The van der Waals surface area contributed by atoms with E-state index in [1.165, 1.54) is 6.20 Å². The average molecular weight is 232 g/mol. The molecule has 3 N–H and O–H groups in total. The summed E-state index contributed by atoms with van der Waals surface area (Å²) in [5.74, 6) is -1.18.